The van der Waals surface area contributed by atoms with E-state index >= 15 is 0 Å². The number of rotatable bonds is 2. The fraction of sp³-hybridized carbons (Fsp3) is 0.125. The van der Waals surface area contributed by atoms with Crippen LogP contribution >= 0.6 is 23.2 Å². The molecule has 1 aromatic carbocycles. The van der Waals surface area contributed by atoms with Crippen molar-refractivity contribution >= 4 is 34.2 Å². The standard InChI is InChI=1S/C8H6Cl2N2O2/c9-7(10)14-4-1-2-5-6(3-4)12-8(13)11-5/h1-3,7H,(H2,11,12,13). The summed E-state index contributed by atoms with van der Waals surface area (Å²) in [5.74, 6) is 0.503. The lowest BCUT2D eigenvalue weighted by atomic mass is 10.3. The minimum Gasteiger partial charge on any atom is -0.461 e. The molecule has 0 spiro atoms. The zero-order valence-corrected chi connectivity index (χ0v) is 8.39. The summed E-state index contributed by atoms with van der Waals surface area (Å²) in [6, 6.07) is 5.02. The summed E-state index contributed by atoms with van der Waals surface area (Å²) >= 11 is 10.9. The molecule has 14 heavy (non-hydrogen) atoms. The Labute approximate surface area is 88.8 Å². The van der Waals surface area contributed by atoms with Crippen molar-refractivity contribution < 1.29 is 4.74 Å². The lowest BCUT2D eigenvalue weighted by molar-refractivity contribution is 0.355. The van der Waals surface area contributed by atoms with Gasteiger partial charge in [-0.1, -0.05) is 23.2 Å². The first-order valence-electron chi connectivity index (χ1n) is 3.82. The molecule has 6 heteroatoms. The molecule has 2 rings (SSSR count). The highest BCUT2D eigenvalue weighted by molar-refractivity contribution is 6.43. The molecule has 2 aromatic rings. The molecule has 0 atom stereocenters. The first-order chi connectivity index (χ1) is 6.65. The van der Waals surface area contributed by atoms with E-state index in [1.54, 1.807) is 18.2 Å². The van der Waals surface area contributed by atoms with E-state index < -0.39 is 5.02 Å². The van der Waals surface area contributed by atoms with Crippen LogP contribution in [0.3, 0.4) is 0 Å². The molecule has 0 aliphatic rings. The monoisotopic (exact) mass is 232 g/mol. The predicted octanol–water partition coefficient (Wildman–Crippen LogP) is 2.00. The van der Waals surface area contributed by atoms with Crippen molar-refractivity contribution in [1.29, 1.82) is 0 Å². The molecule has 0 amide bonds. The van der Waals surface area contributed by atoms with Gasteiger partial charge >= 0.3 is 5.69 Å². The number of H-pyrrole nitrogens is 2. The fourth-order valence-corrected chi connectivity index (χ4v) is 1.39. The SMILES string of the molecule is O=c1[nH]c2ccc(OC(Cl)Cl)cc2[nH]1. The lowest BCUT2D eigenvalue weighted by Crippen LogP contribution is -1.99. The summed E-state index contributed by atoms with van der Waals surface area (Å²) in [5, 5.41) is -0.918. The number of hydrogen-bond acceptors (Lipinski definition) is 2. The number of alkyl halides is 2. The van der Waals surface area contributed by atoms with Crippen LogP contribution < -0.4 is 10.4 Å². The average Bonchev–Trinajstić information content (AvgIpc) is 2.42. The van der Waals surface area contributed by atoms with Gasteiger partial charge in [-0.25, -0.2) is 4.79 Å². The van der Waals surface area contributed by atoms with Gasteiger partial charge in [0.2, 0.25) is 5.02 Å². The maximum atomic E-state index is 10.9. The molecule has 74 valence electrons. The van der Waals surface area contributed by atoms with Crippen LogP contribution in [0.2, 0.25) is 0 Å². The minimum absolute atomic E-state index is 0.259. The van der Waals surface area contributed by atoms with Gasteiger partial charge in [0.15, 0.2) is 0 Å². The number of ether oxygens (including phenoxy) is 1. The summed E-state index contributed by atoms with van der Waals surface area (Å²) in [4.78, 5) is 16.1. The van der Waals surface area contributed by atoms with Crippen LogP contribution in [0.25, 0.3) is 11.0 Å². The van der Waals surface area contributed by atoms with Crippen LogP contribution in [-0.2, 0) is 0 Å². The van der Waals surface area contributed by atoms with Crippen LogP contribution in [0, 0.1) is 0 Å². The molecule has 4 nitrogen and oxygen atoms in total. The topological polar surface area (TPSA) is 57.9 Å². The molecule has 0 fully saturated rings. The number of benzene rings is 1. The fourth-order valence-electron chi connectivity index (χ4n) is 1.19. The summed E-state index contributed by atoms with van der Waals surface area (Å²) in [6.45, 7) is 0. The van der Waals surface area contributed by atoms with Crippen LogP contribution in [0.1, 0.15) is 0 Å². The summed E-state index contributed by atoms with van der Waals surface area (Å²) in [6.07, 6.45) is 0. The van der Waals surface area contributed by atoms with Crippen molar-refractivity contribution in [2.24, 2.45) is 0 Å². The normalized spacial score (nSPS) is 11.1. The Morgan fingerprint density at radius 2 is 1.93 bits per heavy atom. The molecule has 0 saturated heterocycles. The van der Waals surface area contributed by atoms with E-state index in [1.807, 2.05) is 0 Å². The van der Waals surface area contributed by atoms with Gasteiger partial charge in [-0.05, 0) is 12.1 Å². The first kappa shape index (κ1) is 9.43. The summed E-state index contributed by atoms with van der Waals surface area (Å²) in [5.41, 5.74) is 1.11. The Kier molecular flexibility index (Phi) is 2.39. The van der Waals surface area contributed by atoms with E-state index in [0.717, 1.165) is 0 Å². The van der Waals surface area contributed by atoms with Crippen molar-refractivity contribution in [3.05, 3.63) is 28.7 Å². The van der Waals surface area contributed by atoms with Gasteiger partial charge in [0.25, 0.3) is 0 Å². The quantitative estimate of drug-likeness (QED) is 0.779. The second-order valence-electron chi connectivity index (χ2n) is 2.67. The second-order valence-corrected chi connectivity index (χ2v) is 3.68. The maximum absolute atomic E-state index is 10.9. The van der Waals surface area contributed by atoms with E-state index in [2.05, 4.69) is 9.97 Å². The molecule has 2 N–H and O–H groups in total. The molecule has 0 saturated carbocycles. The molecule has 0 radical (unpaired) electrons. The van der Waals surface area contributed by atoms with Crippen molar-refractivity contribution in [2.75, 3.05) is 0 Å². The van der Waals surface area contributed by atoms with Gasteiger partial charge in [0, 0.05) is 6.07 Å². The maximum Gasteiger partial charge on any atom is 0.323 e. The third-order valence-electron chi connectivity index (χ3n) is 1.71. The largest absolute Gasteiger partial charge is 0.461 e. The van der Waals surface area contributed by atoms with Crippen LogP contribution in [-0.4, -0.2) is 15.0 Å². The Hall–Kier alpha value is -1.13. The van der Waals surface area contributed by atoms with Crippen LogP contribution in [0.5, 0.6) is 5.75 Å². The highest BCUT2D eigenvalue weighted by Gasteiger charge is 2.03. The van der Waals surface area contributed by atoms with Gasteiger partial charge < -0.3 is 14.7 Å². The molecule has 0 aliphatic heterocycles. The summed E-state index contributed by atoms with van der Waals surface area (Å²) < 4.78 is 5.03. The van der Waals surface area contributed by atoms with E-state index in [4.69, 9.17) is 27.9 Å². The number of imidazole rings is 1. The predicted molar refractivity (Wildman–Crippen MR) is 55.0 cm³/mol. The Morgan fingerprint density at radius 3 is 2.64 bits per heavy atom. The number of fused-ring (bicyclic) bond motifs is 1. The third-order valence-corrected chi connectivity index (χ3v) is 1.89. The second kappa shape index (κ2) is 3.55. The number of nitrogens with one attached hydrogen (secondary N) is 2. The van der Waals surface area contributed by atoms with Gasteiger partial charge in [-0.3, -0.25) is 0 Å². The summed E-state index contributed by atoms with van der Waals surface area (Å²) in [7, 11) is 0. The lowest BCUT2D eigenvalue weighted by Gasteiger charge is -2.04. The van der Waals surface area contributed by atoms with Gasteiger partial charge in [-0.15, -0.1) is 0 Å². The molecule has 1 aromatic heterocycles. The van der Waals surface area contributed by atoms with Gasteiger partial charge in [0.05, 0.1) is 11.0 Å². The Morgan fingerprint density at radius 1 is 1.21 bits per heavy atom. The van der Waals surface area contributed by atoms with E-state index in [-0.39, 0.29) is 5.69 Å². The van der Waals surface area contributed by atoms with E-state index in [9.17, 15) is 4.79 Å². The first-order valence-corrected chi connectivity index (χ1v) is 4.69. The van der Waals surface area contributed by atoms with Crippen LogP contribution in [0.15, 0.2) is 23.0 Å². The highest BCUT2D eigenvalue weighted by atomic mass is 35.5. The average molecular weight is 233 g/mol. The van der Waals surface area contributed by atoms with Gasteiger partial charge in [-0.2, -0.15) is 0 Å². The minimum atomic E-state index is -0.918. The molecular formula is C8H6Cl2N2O2. The number of aromatic amines is 2. The number of aromatic nitrogens is 2. The van der Waals surface area contributed by atoms with Crippen molar-refractivity contribution in [3.8, 4) is 5.75 Å². The Balaban J connectivity index is 2.45. The van der Waals surface area contributed by atoms with Gasteiger partial charge in [0.1, 0.15) is 5.75 Å². The molecule has 0 bridgehead atoms. The number of hydrogen-bond donors (Lipinski definition) is 2. The number of halogens is 2. The van der Waals surface area contributed by atoms with E-state index in [1.165, 1.54) is 0 Å². The smallest absolute Gasteiger partial charge is 0.323 e. The van der Waals surface area contributed by atoms with Crippen LogP contribution in [0.4, 0.5) is 0 Å². The molecule has 1 heterocycles. The van der Waals surface area contributed by atoms with Crippen molar-refractivity contribution in [2.45, 2.75) is 5.02 Å². The molecule has 0 unspecified atom stereocenters. The molecular weight excluding hydrogens is 227 g/mol. The zero-order valence-electron chi connectivity index (χ0n) is 6.88. The van der Waals surface area contributed by atoms with E-state index in [0.29, 0.717) is 16.8 Å². The zero-order chi connectivity index (χ0) is 10.1. The molecule has 0 aliphatic carbocycles. The Bertz CT molecular complexity index is 503. The van der Waals surface area contributed by atoms with Crippen molar-refractivity contribution in [3.63, 3.8) is 0 Å². The third kappa shape index (κ3) is 1.86. The van der Waals surface area contributed by atoms with Crippen molar-refractivity contribution in [1.82, 2.24) is 9.97 Å². The highest BCUT2D eigenvalue weighted by Crippen LogP contribution is 2.19.